The zero-order chi connectivity index (χ0) is 17.9. The van der Waals surface area contributed by atoms with Crippen molar-refractivity contribution in [2.24, 2.45) is 4.99 Å². The molecule has 0 saturated heterocycles. The second kappa shape index (κ2) is 12.7. The Morgan fingerprint density at radius 3 is 2.35 bits per heavy atom. The molecule has 0 aliphatic heterocycles. The number of benzene rings is 2. The highest BCUT2D eigenvalue weighted by Gasteiger charge is 2.08. The van der Waals surface area contributed by atoms with Gasteiger partial charge in [-0.2, -0.15) is 0 Å². The molecule has 0 radical (unpaired) electrons. The molecule has 2 rings (SSSR count). The summed E-state index contributed by atoms with van der Waals surface area (Å²) in [5.41, 5.74) is 3.68. The summed E-state index contributed by atoms with van der Waals surface area (Å²) in [5.74, 6) is 0.792. The summed E-state index contributed by atoms with van der Waals surface area (Å²) >= 11 is 0. The van der Waals surface area contributed by atoms with Gasteiger partial charge in [-0.1, -0.05) is 61.5 Å². The molecule has 0 bridgehead atoms. The van der Waals surface area contributed by atoms with E-state index in [-0.39, 0.29) is 30.0 Å². The van der Waals surface area contributed by atoms with Crippen molar-refractivity contribution >= 4 is 29.9 Å². The Balaban J connectivity index is 0.00000338. The number of rotatable bonds is 8. The number of aliphatic imine (C=N–C) groups is 1. The Hall–Kier alpha value is -1.60. The lowest BCUT2D eigenvalue weighted by Gasteiger charge is -2.19. The molecule has 0 heterocycles. The molecule has 0 saturated carbocycles. The molecule has 0 aromatic heterocycles. The third-order valence-corrected chi connectivity index (χ3v) is 4.05. The number of nitrogens with zero attached hydrogens (tertiary/aromatic N) is 1. The number of hydrogen-bond donors (Lipinski definition) is 2. The molecule has 4 nitrogen and oxygen atoms in total. The predicted molar refractivity (Wildman–Crippen MR) is 120 cm³/mol. The fourth-order valence-corrected chi connectivity index (χ4v) is 2.60. The minimum atomic E-state index is 0. The summed E-state index contributed by atoms with van der Waals surface area (Å²) in [5, 5.41) is 6.83. The number of ether oxygens (including phenoxy) is 1. The molecular weight excluding hydrogens is 437 g/mol. The summed E-state index contributed by atoms with van der Waals surface area (Å²) in [6, 6.07) is 18.9. The van der Waals surface area contributed by atoms with Crippen molar-refractivity contribution in [3.63, 3.8) is 0 Å². The van der Waals surface area contributed by atoms with Gasteiger partial charge in [0.15, 0.2) is 5.96 Å². The monoisotopic (exact) mass is 467 g/mol. The van der Waals surface area contributed by atoms with Gasteiger partial charge >= 0.3 is 0 Å². The average Bonchev–Trinajstić information content (AvgIpc) is 2.66. The largest absolute Gasteiger partial charge is 0.377 e. The Morgan fingerprint density at radius 1 is 1.04 bits per heavy atom. The maximum Gasteiger partial charge on any atom is 0.191 e. The lowest BCUT2D eigenvalue weighted by Crippen LogP contribution is -2.38. The molecule has 0 amide bonds. The first-order valence-electron chi connectivity index (χ1n) is 8.91. The summed E-state index contributed by atoms with van der Waals surface area (Å²) in [6.45, 7) is 6.41. The highest BCUT2D eigenvalue weighted by Crippen LogP contribution is 2.12. The van der Waals surface area contributed by atoms with Gasteiger partial charge in [0.1, 0.15) is 0 Å². The van der Waals surface area contributed by atoms with Crippen LogP contribution in [0, 0.1) is 0 Å². The molecule has 26 heavy (non-hydrogen) atoms. The summed E-state index contributed by atoms with van der Waals surface area (Å²) in [4.78, 5) is 4.34. The number of halogens is 1. The fraction of sp³-hybridized carbons (Fsp3) is 0.381. The highest BCUT2D eigenvalue weighted by atomic mass is 127. The van der Waals surface area contributed by atoms with E-state index >= 15 is 0 Å². The number of nitrogens with one attached hydrogen (secondary N) is 2. The number of guanidine groups is 1. The van der Waals surface area contributed by atoms with Gasteiger partial charge in [-0.3, -0.25) is 4.99 Å². The van der Waals surface area contributed by atoms with Crippen LogP contribution in [0.1, 0.15) is 43.0 Å². The van der Waals surface area contributed by atoms with E-state index in [0.29, 0.717) is 13.2 Å². The van der Waals surface area contributed by atoms with E-state index in [4.69, 9.17) is 4.74 Å². The first kappa shape index (κ1) is 22.4. The van der Waals surface area contributed by atoms with E-state index in [1.54, 1.807) is 7.05 Å². The van der Waals surface area contributed by atoms with Gasteiger partial charge in [-0.15, -0.1) is 24.0 Å². The lowest BCUT2D eigenvalue weighted by molar-refractivity contribution is 0.121. The van der Waals surface area contributed by atoms with Gasteiger partial charge in [0, 0.05) is 20.2 Å². The van der Waals surface area contributed by atoms with Gasteiger partial charge < -0.3 is 15.4 Å². The smallest absolute Gasteiger partial charge is 0.191 e. The van der Waals surface area contributed by atoms with Gasteiger partial charge in [0.2, 0.25) is 0 Å². The van der Waals surface area contributed by atoms with Crippen molar-refractivity contribution in [2.75, 3.05) is 13.7 Å². The van der Waals surface area contributed by atoms with Crippen molar-refractivity contribution in [2.45, 2.75) is 39.5 Å². The molecular formula is C21H30IN3O. The van der Waals surface area contributed by atoms with Crippen LogP contribution in [0.4, 0.5) is 0 Å². The van der Waals surface area contributed by atoms with Crippen LogP contribution in [0.25, 0.3) is 0 Å². The predicted octanol–water partition coefficient (Wildman–Crippen LogP) is 4.66. The first-order valence-corrected chi connectivity index (χ1v) is 8.91. The third kappa shape index (κ3) is 7.33. The van der Waals surface area contributed by atoms with E-state index in [0.717, 1.165) is 19.0 Å². The van der Waals surface area contributed by atoms with E-state index in [2.05, 4.69) is 78.0 Å². The molecule has 0 aliphatic carbocycles. The lowest BCUT2D eigenvalue weighted by atomic mass is 10.1. The summed E-state index contributed by atoms with van der Waals surface area (Å²) in [7, 11) is 1.79. The van der Waals surface area contributed by atoms with Crippen LogP contribution in [-0.4, -0.2) is 19.6 Å². The zero-order valence-electron chi connectivity index (χ0n) is 15.9. The van der Waals surface area contributed by atoms with Crippen molar-refractivity contribution in [3.8, 4) is 0 Å². The van der Waals surface area contributed by atoms with Crippen LogP contribution >= 0.6 is 24.0 Å². The fourth-order valence-electron chi connectivity index (χ4n) is 2.60. The molecule has 2 N–H and O–H groups in total. The van der Waals surface area contributed by atoms with Gasteiger partial charge in [-0.25, -0.2) is 0 Å². The van der Waals surface area contributed by atoms with Crippen LogP contribution in [-0.2, 0) is 17.9 Å². The normalized spacial score (nSPS) is 12.2. The van der Waals surface area contributed by atoms with Gasteiger partial charge in [0.25, 0.3) is 0 Å². The molecule has 0 aliphatic rings. The van der Waals surface area contributed by atoms with Gasteiger partial charge in [-0.05, 0) is 30.0 Å². The Labute approximate surface area is 174 Å². The second-order valence-corrected chi connectivity index (χ2v) is 6.02. The summed E-state index contributed by atoms with van der Waals surface area (Å²) < 4.78 is 5.69. The standard InChI is InChI=1S/C21H29N3O.HI/c1-4-14-25-16-20-13-9-8-12-19(20)15-23-21(22-3)24-17(2)18-10-6-5-7-11-18;/h5-13,17H,4,14-16H2,1-3H3,(H2,22,23,24);1H. The molecule has 0 spiro atoms. The van der Waals surface area contributed by atoms with Gasteiger partial charge in [0.05, 0.1) is 12.6 Å². The number of hydrogen-bond acceptors (Lipinski definition) is 2. The first-order chi connectivity index (χ1) is 12.2. The quantitative estimate of drug-likeness (QED) is 0.257. The summed E-state index contributed by atoms with van der Waals surface area (Å²) in [6.07, 6.45) is 1.04. The molecule has 142 valence electrons. The molecule has 2 aromatic carbocycles. The minimum absolute atomic E-state index is 0. The topological polar surface area (TPSA) is 45.6 Å². The van der Waals surface area contributed by atoms with E-state index in [1.807, 2.05) is 6.07 Å². The SMILES string of the molecule is CCCOCc1ccccc1CNC(=NC)NC(C)c1ccccc1.I. The molecule has 5 heteroatoms. The Morgan fingerprint density at radius 2 is 1.69 bits per heavy atom. The van der Waals surface area contributed by atoms with Crippen LogP contribution in [0.3, 0.4) is 0 Å². The zero-order valence-corrected chi connectivity index (χ0v) is 18.2. The van der Waals surface area contributed by atoms with Crippen LogP contribution < -0.4 is 10.6 Å². The maximum atomic E-state index is 5.69. The minimum Gasteiger partial charge on any atom is -0.377 e. The Kier molecular flexibility index (Phi) is 11.0. The van der Waals surface area contributed by atoms with E-state index < -0.39 is 0 Å². The van der Waals surface area contributed by atoms with Crippen molar-refractivity contribution in [1.29, 1.82) is 0 Å². The second-order valence-electron chi connectivity index (χ2n) is 6.02. The molecule has 2 aromatic rings. The third-order valence-electron chi connectivity index (χ3n) is 4.05. The molecule has 1 unspecified atom stereocenters. The van der Waals surface area contributed by atoms with Crippen LogP contribution in [0.2, 0.25) is 0 Å². The van der Waals surface area contributed by atoms with Crippen LogP contribution in [0.5, 0.6) is 0 Å². The molecule has 0 fully saturated rings. The molecule has 1 atom stereocenters. The van der Waals surface area contributed by atoms with E-state index in [1.165, 1.54) is 16.7 Å². The van der Waals surface area contributed by atoms with Crippen LogP contribution in [0.15, 0.2) is 59.6 Å². The average molecular weight is 467 g/mol. The van der Waals surface area contributed by atoms with E-state index in [9.17, 15) is 0 Å². The maximum absolute atomic E-state index is 5.69. The Bertz CT molecular complexity index is 661. The van der Waals surface area contributed by atoms with Crippen molar-refractivity contribution < 1.29 is 4.74 Å². The van der Waals surface area contributed by atoms with Crippen molar-refractivity contribution in [1.82, 2.24) is 10.6 Å². The van der Waals surface area contributed by atoms with Crippen molar-refractivity contribution in [3.05, 3.63) is 71.3 Å². The highest BCUT2D eigenvalue weighted by molar-refractivity contribution is 14.0.